The quantitative estimate of drug-likeness (QED) is 0.376. The molecule has 0 aliphatic rings. The summed E-state index contributed by atoms with van der Waals surface area (Å²) in [6.07, 6.45) is 2.92. The maximum Gasteiger partial charge on any atom is 0.373 e. The van der Waals surface area contributed by atoms with E-state index in [2.05, 4.69) is 20.3 Å². The maximum absolute atomic E-state index is 11.8. The average Bonchev–Trinajstić information content (AvgIpc) is 2.67. The number of aryl methyl sites for hydroxylation is 2. The van der Waals surface area contributed by atoms with Crippen LogP contribution in [-0.4, -0.2) is 19.9 Å². The van der Waals surface area contributed by atoms with Crippen LogP contribution in [0, 0.1) is 24.0 Å². The summed E-state index contributed by atoms with van der Waals surface area (Å²) >= 11 is 0. The number of hydrogen-bond donors (Lipinski definition) is 1. The number of hydrogen-bond acceptors (Lipinski definition) is 7. The maximum atomic E-state index is 11.8. The van der Waals surface area contributed by atoms with Crippen LogP contribution in [0.15, 0.2) is 61.1 Å². The molecule has 4 aromatic rings. The van der Waals surface area contributed by atoms with Gasteiger partial charge in [-0.3, -0.25) is 15.1 Å². The van der Waals surface area contributed by atoms with Crippen molar-refractivity contribution in [1.29, 1.82) is 0 Å². The minimum Gasteiger partial charge on any atom is -0.434 e. The number of aromatic nitrogens is 3. The second-order valence-corrected chi connectivity index (χ2v) is 6.56. The number of pyridine rings is 1. The van der Waals surface area contributed by atoms with E-state index < -0.39 is 4.92 Å². The van der Waals surface area contributed by atoms with Crippen molar-refractivity contribution in [2.45, 2.75) is 13.8 Å². The lowest BCUT2D eigenvalue weighted by Crippen LogP contribution is -2.04. The minimum absolute atomic E-state index is 0.0423. The van der Waals surface area contributed by atoms with Crippen molar-refractivity contribution in [3.05, 3.63) is 82.3 Å². The van der Waals surface area contributed by atoms with Gasteiger partial charge in [-0.05, 0) is 61.4 Å². The molecule has 0 atom stereocenters. The number of rotatable bonds is 5. The van der Waals surface area contributed by atoms with Crippen molar-refractivity contribution < 1.29 is 9.66 Å². The lowest BCUT2D eigenvalue weighted by atomic mass is 10.1. The highest BCUT2D eigenvalue weighted by molar-refractivity contribution is 5.93. The van der Waals surface area contributed by atoms with E-state index in [-0.39, 0.29) is 17.4 Å². The molecule has 0 aliphatic heterocycles. The molecule has 8 heteroatoms. The predicted octanol–water partition coefficient (Wildman–Crippen LogP) is 5.09. The topological polar surface area (TPSA) is 103 Å². The Labute approximate surface area is 166 Å². The molecule has 1 N–H and O–H groups in total. The van der Waals surface area contributed by atoms with E-state index in [4.69, 9.17) is 4.74 Å². The number of ether oxygens (including phenoxy) is 1. The second kappa shape index (κ2) is 7.51. The van der Waals surface area contributed by atoms with Crippen molar-refractivity contribution in [3.8, 4) is 11.6 Å². The molecule has 0 amide bonds. The predicted molar refractivity (Wildman–Crippen MR) is 110 cm³/mol. The average molecular weight is 387 g/mol. The molecular formula is C21H17N5O3. The highest BCUT2D eigenvalue weighted by atomic mass is 16.6. The number of benzene rings is 2. The molecule has 0 saturated carbocycles. The van der Waals surface area contributed by atoms with Gasteiger partial charge < -0.3 is 10.1 Å². The molecular weight excluding hydrogens is 370 g/mol. The molecule has 2 aromatic heterocycles. The second-order valence-electron chi connectivity index (χ2n) is 6.56. The third-order valence-corrected chi connectivity index (χ3v) is 4.28. The number of nitrogens with one attached hydrogen (secondary N) is 1. The lowest BCUT2D eigenvalue weighted by Gasteiger charge is -2.11. The van der Waals surface area contributed by atoms with E-state index in [0.29, 0.717) is 11.4 Å². The van der Waals surface area contributed by atoms with Crippen LogP contribution in [0.3, 0.4) is 0 Å². The van der Waals surface area contributed by atoms with E-state index in [0.717, 1.165) is 22.0 Å². The summed E-state index contributed by atoms with van der Waals surface area (Å²) in [6.45, 7) is 3.85. The fraction of sp³-hybridized carbons (Fsp3) is 0.0952. The van der Waals surface area contributed by atoms with Gasteiger partial charge in [0.1, 0.15) is 12.1 Å². The molecule has 0 radical (unpaired) electrons. The van der Waals surface area contributed by atoms with Crippen LogP contribution in [0.25, 0.3) is 10.9 Å². The Morgan fingerprint density at radius 3 is 2.55 bits per heavy atom. The van der Waals surface area contributed by atoms with Crippen LogP contribution in [-0.2, 0) is 0 Å². The van der Waals surface area contributed by atoms with Crippen molar-refractivity contribution in [2.24, 2.45) is 0 Å². The first-order chi connectivity index (χ1) is 14.0. The first-order valence-electron chi connectivity index (χ1n) is 8.87. The van der Waals surface area contributed by atoms with Gasteiger partial charge in [-0.2, -0.15) is 4.98 Å². The van der Waals surface area contributed by atoms with Crippen molar-refractivity contribution in [1.82, 2.24) is 15.0 Å². The van der Waals surface area contributed by atoms with Crippen LogP contribution >= 0.6 is 0 Å². The Bertz CT molecular complexity index is 1200. The van der Waals surface area contributed by atoms with E-state index in [1.165, 1.54) is 6.33 Å². The Kier molecular flexibility index (Phi) is 4.74. The summed E-state index contributed by atoms with van der Waals surface area (Å²) in [5, 5.41) is 15.7. The van der Waals surface area contributed by atoms with Gasteiger partial charge in [0.25, 0.3) is 0 Å². The van der Waals surface area contributed by atoms with Crippen LogP contribution < -0.4 is 10.1 Å². The van der Waals surface area contributed by atoms with Gasteiger partial charge >= 0.3 is 11.6 Å². The van der Waals surface area contributed by atoms with Crippen LogP contribution in [0.5, 0.6) is 11.6 Å². The summed E-state index contributed by atoms with van der Waals surface area (Å²) < 4.78 is 5.75. The SMILES string of the molecule is Cc1cc(C)cc(Oc2ncnc(Nc3cccc4ncccc34)c2[N+](=O)[O-])c1. The normalized spacial score (nSPS) is 10.7. The van der Waals surface area contributed by atoms with Crippen molar-refractivity contribution in [2.75, 3.05) is 5.32 Å². The summed E-state index contributed by atoms with van der Waals surface area (Å²) in [5.74, 6) is 0.390. The van der Waals surface area contributed by atoms with Gasteiger partial charge in [-0.1, -0.05) is 12.1 Å². The Hall–Kier alpha value is -4.07. The summed E-state index contributed by atoms with van der Waals surface area (Å²) in [7, 11) is 0. The molecule has 0 unspecified atom stereocenters. The molecule has 4 rings (SSSR count). The molecule has 0 bridgehead atoms. The molecule has 0 spiro atoms. The summed E-state index contributed by atoms with van der Waals surface area (Å²) in [5.41, 5.74) is 3.04. The van der Waals surface area contributed by atoms with E-state index in [1.807, 2.05) is 38.1 Å². The Balaban J connectivity index is 1.76. The summed E-state index contributed by atoms with van der Waals surface area (Å²) in [6, 6.07) is 14.7. The van der Waals surface area contributed by atoms with Crippen molar-refractivity contribution >= 4 is 28.1 Å². The van der Waals surface area contributed by atoms with Crippen LogP contribution in [0.2, 0.25) is 0 Å². The number of nitrogens with zero attached hydrogens (tertiary/aromatic N) is 4. The third kappa shape index (κ3) is 3.81. The van der Waals surface area contributed by atoms with E-state index in [1.54, 1.807) is 30.5 Å². The fourth-order valence-electron chi connectivity index (χ4n) is 3.14. The molecule has 2 heterocycles. The molecule has 144 valence electrons. The fourth-order valence-corrected chi connectivity index (χ4v) is 3.14. The molecule has 0 aliphatic carbocycles. The number of nitro groups is 1. The largest absolute Gasteiger partial charge is 0.434 e. The zero-order valence-corrected chi connectivity index (χ0v) is 15.8. The van der Waals surface area contributed by atoms with Gasteiger partial charge in [-0.15, -0.1) is 0 Å². The van der Waals surface area contributed by atoms with Gasteiger partial charge in [0.15, 0.2) is 0 Å². The van der Waals surface area contributed by atoms with E-state index >= 15 is 0 Å². The monoisotopic (exact) mass is 387 g/mol. The third-order valence-electron chi connectivity index (χ3n) is 4.28. The first-order valence-corrected chi connectivity index (χ1v) is 8.87. The smallest absolute Gasteiger partial charge is 0.373 e. The van der Waals surface area contributed by atoms with Gasteiger partial charge in [0.2, 0.25) is 5.82 Å². The van der Waals surface area contributed by atoms with Gasteiger partial charge in [0.05, 0.1) is 10.4 Å². The van der Waals surface area contributed by atoms with Crippen LogP contribution in [0.4, 0.5) is 17.2 Å². The lowest BCUT2D eigenvalue weighted by molar-refractivity contribution is -0.385. The van der Waals surface area contributed by atoms with Gasteiger partial charge in [-0.25, -0.2) is 4.98 Å². The van der Waals surface area contributed by atoms with Crippen molar-refractivity contribution in [3.63, 3.8) is 0 Å². The number of fused-ring (bicyclic) bond motifs is 1. The molecule has 0 saturated heterocycles. The van der Waals surface area contributed by atoms with Crippen LogP contribution in [0.1, 0.15) is 11.1 Å². The molecule has 2 aromatic carbocycles. The Morgan fingerprint density at radius 1 is 1.00 bits per heavy atom. The minimum atomic E-state index is -0.552. The zero-order valence-electron chi connectivity index (χ0n) is 15.8. The molecule has 8 nitrogen and oxygen atoms in total. The standard InChI is InChI=1S/C21H17N5O3/c1-13-9-14(2)11-15(10-13)29-21-19(26(27)28)20(23-12-24-21)25-18-7-3-6-17-16(18)5-4-8-22-17/h3-12H,1-2H3,(H,23,24,25). The highest BCUT2D eigenvalue weighted by Gasteiger charge is 2.25. The molecule has 0 fully saturated rings. The summed E-state index contributed by atoms with van der Waals surface area (Å²) in [4.78, 5) is 23.6. The Morgan fingerprint density at radius 2 is 1.79 bits per heavy atom. The molecule has 29 heavy (non-hydrogen) atoms. The number of anilines is 2. The zero-order chi connectivity index (χ0) is 20.4. The van der Waals surface area contributed by atoms with E-state index in [9.17, 15) is 10.1 Å². The van der Waals surface area contributed by atoms with Gasteiger partial charge in [0, 0.05) is 17.3 Å². The highest BCUT2D eigenvalue weighted by Crippen LogP contribution is 2.36. The first kappa shape index (κ1) is 18.3.